The summed E-state index contributed by atoms with van der Waals surface area (Å²) in [6.07, 6.45) is 3.13. The second-order valence-corrected chi connectivity index (χ2v) is 6.45. The van der Waals surface area contributed by atoms with Crippen LogP contribution in [0.1, 0.15) is 29.9 Å². The van der Waals surface area contributed by atoms with Crippen LogP contribution < -0.4 is 10.1 Å². The molecule has 6 nitrogen and oxygen atoms in total. The third kappa shape index (κ3) is 3.28. The van der Waals surface area contributed by atoms with Gasteiger partial charge in [0.1, 0.15) is 11.0 Å². The Bertz CT molecular complexity index is 964. The number of aryl methyl sites for hydroxylation is 1. The second kappa shape index (κ2) is 6.00. The minimum atomic E-state index is -0.767. The van der Waals surface area contributed by atoms with E-state index in [1.165, 1.54) is 22.7 Å². The van der Waals surface area contributed by atoms with Gasteiger partial charge in [-0.1, -0.05) is 11.6 Å². The summed E-state index contributed by atoms with van der Waals surface area (Å²) in [5.74, 6) is 0.138. The van der Waals surface area contributed by atoms with Gasteiger partial charge in [-0.25, -0.2) is 14.2 Å². The molecule has 1 saturated carbocycles. The van der Waals surface area contributed by atoms with Gasteiger partial charge in [0.25, 0.3) is 0 Å². The van der Waals surface area contributed by atoms with Crippen LogP contribution in [0, 0.1) is 12.7 Å². The van der Waals surface area contributed by atoms with Crippen molar-refractivity contribution in [2.24, 2.45) is 0 Å². The summed E-state index contributed by atoms with van der Waals surface area (Å²) in [7, 11) is 0. The zero-order valence-corrected chi connectivity index (χ0v) is 14.0. The number of anilines is 1. The molecule has 0 atom stereocenters. The van der Waals surface area contributed by atoms with Gasteiger partial charge in [-0.3, -0.25) is 5.32 Å². The van der Waals surface area contributed by atoms with E-state index < -0.39 is 11.9 Å². The van der Waals surface area contributed by atoms with Crippen molar-refractivity contribution < 1.29 is 13.9 Å². The Morgan fingerprint density at radius 1 is 1.36 bits per heavy atom. The third-order valence-corrected chi connectivity index (χ3v) is 4.13. The molecule has 4 rings (SSSR count). The number of carbonyl (C=O) groups is 1. The molecule has 128 valence electrons. The van der Waals surface area contributed by atoms with Crippen LogP contribution in [0.3, 0.4) is 0 Å². The summed E-state index contributed by atoms with van der Waals surface area (Å²) in [4.78, 5) is 16.4. The van der Waals surface area contributed by atoms with E-state index >= 15 is 0 Å². The van der Waals surface area contributed by atoms with Crippen molar-refractivity contribution in [3.63, 3.8) is 0 Å². The highest BCUT2D eigenvalue weighted by molar-refractivity contribution is 6.29. The largest absolute Gasteiger partial charge is 0.418 e. The van der Waals surface area contributed by atoms with E-state index in [1.807, 2.05) is 0 Å². The molecule has 1 fully saturated rings. The van der Waals surface area contributed by atoms with Crippen LogP contribution in [0.4, 0.5) is 14.9 Å². The molecule has 1 amide bonds. The lowest BCUT2D eigenvalue weighted by Crippen LogP contribution is -2.18. The van der Waals surface area contributed by atoms with Crippen molar-refractivity contribution in [3.8, 4) is 5.88 Å². The molecule has 8 heteroatoms. The first-order chi connectivity index (χ1) is 12.0. The number of nitrogens with zero attached hydrogens (tertiary/aromatic N) is 3. The summed E-state index contributed by atoms with van der Waals surface area (Å²) in [5, 5.41) is 6.94. The minimum Gasteiger partial charge on any atom is -0.391 e. The molecule has 0 unspecified atom stereocenters. The third-order valence-electron chi connectivity index (χ3n) is 3.94. The van der Waals surface area contributed by atoms with E-state index in [9.17, 15) is 9.18 Å². The molecular formula is C17H14ClFN4O2. The normalized spacial score (nSPS) is 13.9. The highest BCUT2D eigenvalue weighted by atomic mass is 35.5. The van der Waals surface area contributed by atoms with Crippen molar-refractivity contribution in [2.45, 2.75) is 25.7 Å². The van der Waals surface area contributed by atoms with Crippen molar-refractivity contribution in [2.75, 3.05) is 5.32 Å². The fraction of sp³-hybridized carbons (Fsp3) is 0.235. The maximum absolute atomic E-state index is 13.4. The van der Waals surface area contributed by atoms with E-state index in [1.54, 1.807) is 19.2 Å². The van der Waals surface area contributed by atoms with Gasteiger partial charge in [0.15, 0.2) is 5.65 Å². The monoisotopic (exact) mass is 360 g/mol. The molecule has 0 spiro atoms. The lowest BCUT2D eigenvalue weighted by Gasteiger charge is -2.09. The van der Waals surface area contributed by atoms with Crippen LogP contribution in [0.25, 0.3) is 5.65 Å². The number of aromatic nitrogens is 3. The summed E-state index contributed by atoms with van der Waals surface area (Å²) in [5.41, 5.74) is 2.57. The number of fused-ring (bicyclic) bond motifs is 1. The number of hydrogen-bond acceptors (Lipinski definition) is 4. The van der Waals surface area contributed by atoms with E-state index in [0.29, 0.717) is 22.8 Å². The Morgan fingerprint density at radius 3 is 2.88 bits per heavy atom. The molecule has 1 N–H and O–H groups in total. The predicted molar refractivity (Wildman–Crippen MR) is 90.8 cm³/mol. The van der Waals surface area contributed by atoms with Gasteiger partial charge in [-0.15, -0.1) is 0 Å². The molecule has 2 aromatic heterocycles. The van der Waals surface area contributed by atoms with Crippen molar-refractivity contribution in [3.05, 3.63) is 52.6 Å². The molecule has 1 aliphatic carbocycles. The van der Waals surface area contributed by atoms with Crippen LogP contribution in [0.2, 0.25) is 5.15 Å². The first-order valence-electron chi connectivity index (χ1n) is 7.80. The topological polar surface area (TPSA) is 68.5 Å². The van der Waals surface area contributed by atoms with Gasteiger partial charge in [0, 0.05) is 17.3 Å². The average Bonchev–Trinajstić information content (AvgIpc) is 3.26. The number of ether oxygens (including phenoxy) is 1. The van der Waals surface area contributed by atoms with Gasteiger partial charge in [-0.05, 0) is 49.4 Å². The van der Waals surface area contributed by atoms with E-state index in [0.717, 1.165) is 18.4 Å². The highest BCUT2D eigenvalue weighted by Crippen LogP contribution is 2.42. The quantitative estimate of drug-likeness (QED) is 0.706. The number of nitrogens with one attached hydrogen (secondary N) is 1. The highest BCUT2D eigenvalue weighted by Gasteiger charge is 2.28. The standard InChI is InChI=1S/C17H14ClFN4O2/c1-9-4-11(19)6-12(5-9)21-17(24)25-15-7-14(18)22-16-13(10-2-3-10)8-20-23(15)16/h4-8,10H,2-3H2,1H3,(H,21,24). The smallest absolute Gasteiger partial charge is 0.391 e. The Labute approximate surface area is 147 Å². The number of hydrogen-bond donors (Lipinski definition) is 1. The number of benzene rings is 1. The van der Waals surface area contributed by atoms with Gasteiger partial charge in [0.05, 0.1) is 6.20 Å². The number of halogens is 2. The first-order valence-corrected chi connectivity index (χ1v) is 8.17. The van der Waals surface area contributed by atoms with Gasteiger partial charge in [-0.2, -0.15) is 9.61 Å². The average molecular weight is 361 g/mol. The molecule has 2 heterocycles. The maximum Gasteiger partial charge on any atom is 0.418 e. The molecule has 0 aliphatic heterocycles. The zero-order valence-electron chi connectivity index (χ0n) is 13.3. The molecule has 1 aromatic carbocycles. The Kier molecular flexibility index (Phi) is 3.80. The molecule has 0 bridgehead atoms. The number of amides is 1. The maximum atomic E-state index is 13.4. The summed E-state index contributed by atoms with van der Waals surface area (Å²) in [6, 6.07) is 5.63. The minimum absolute atomic E-state index is 0.146. The van der Waals surface area contributed by atoms with Gasteiger partial charge < -0.3 is 4.74 Å². The lowest BCUT2D eigenvalue weighted by molar-refractivity contribution is 0.212. The van der Waals surface area contributed by atoms with Crippen molar-refractivity contribution in [1.82, 2.24) is 14.6 Å². The van der Waals surface area contributed by atoms with Crippen LogP contribution >= 0.6 is 11.6 Å². The molecule has 25 heavy (non-hydrogen) atoms. The van der Waals surface area contributed by atoms with Gasteiger partial charge >= 0.3 is 6.09 Å². The van der Waals surface area contributed by atoms with Gasteiger partial charge in [0.2, 0.25) is 5.88 Å². The molecule has 1 aliphatic rings. The fourth-order valence-corrected chi connectivity index (χ4v) is 2.90. The van der Waals surface area contributed by atoms with Crippen LogP contribution in [0.15, 0.2) is 30.5 Å². The van der Waals surface area contributed by atoms with E-state index in [4.69, 9.17) is 16.3 Å². The zero-order chi connectivity index (χ0) is 17.6. The number of rotatable bonds is 3. The predicted octanol–water partition coefficient (Wildman–Crippen LogP) is 4.32. The summed E-state index contributed by atoms with van der Waals surface area (Å²) >= 11 is 6.05. The second-order valence-electron chi connectivity index (χ2n) is 6.06. The number of carbonyl (C=O) groups excluding carboxylic acids is 1. The lowest BCUT2D eigenvalue weighted by atomic mass is 10.2. The van der Waals surface area contributed by atoms with E-state index in [-0.39, 0.29) is 11.0 Å². The Balaban J connectivity index is 1.60. The van der Waals surface area contributed by atoms with E-state index in [2.05, 4.69) is 15.4 Å². The SMILES string of the molecule is Cc1cc(F)cc(NC(=O)Oc2cc(Cl)nc3c(C4CC4)cnn23)c1. The molecular weight excluding hydrogens is 347 g/mol. The molecule has 0 saturated heterocycles. The van der Waals surface area contributed by atoms with Crippen LogP contribution in [-0.4, -0.2) is 20.7 Å². The fourth-order valence-electron chi connectivity index (χ4n) is 2.73. The molecule has 3 aromatic rings. The Morgan fingerprint density at radius 2 is 2.16 bits per heavy atom. The molecule has 0 radical (unpaired) electrons. The summed E-state index contributed by atoms with van der Waals surface area (Å²) < 4.78 is 20.2. The van der Waals surface area contributed by atoms with Crippen LogP contribution in [0.5, 0.6) is 5.88 Å². The Hall–Kier alpha value is -2.67. The first kappa shape index (κ1) is 15.8. The van der Waals surface area contributed by atoms with Crippen LogP contribution in [-0.2, 0) is 0 Å². The van der Waals surface area contributed by atoms with Crippen molar-refractivity contribution in [1.29, 1.82) is 0 Å². The van der Waals surface area contributed by atoms with Crippen molar-refractivity contribution >= 4 is 29.0 Å². The summed E-state index contributed by atoms with van der Waals surface area (Å²) in [6.45, 7) is 1.73.